The number of fused-ring (bicyclic) bond motifs is 2. The van der Waals surface area contributed by atoms with E-state index < -0.39 is 11.9 Å². The van der Waals surface area contributed by atoms with Gasteiger partial charge in [-0.15, -0.1) is 5.10 Å². The van der Waals surface area contributed by atoms with Crippen LogP contribution in [0.1, 0.15) is 34.0 Å². The van der Waals surface area contributed by atoms with Crippen molar-refractivity contribution in [3.8, 4) is 5.75 Å². The smallest absolute Gasteiger partial charge is 0.291 e. The van der Waals surface area contributed by atoms with E-state index >= 15 is 0 Å². The normalized spacial score (nSPS) is 14.6. The van der Waals surface area contributed by atoms with Crippen molar-refractivity contribution < 1.29 is 19.1 Å². The summed E-state index contributed by atoms with van der Waals surface area (Å²) in [7, 11) is 1.63. The number of benzene rings is 3. The van der Waals surface area contributed by atoms with Gasteiger partial charge in [0.05, 0.1) is 17.4 Å². The molecule has 3 aromatic carbocycles. The standard InChI is InChI=1S/C30H28N8O4/c1-38-24-13-19(8-12-27(39)32-21-10-9-20-16-31-35-22(20)15-21)7-11-25(24)42-17-23(30(38)41)33-29(40)28-34-26(36-37-28)14-18-5-3-2-4-6-18/h2-7,9-11,13,15-16,23H,8,12,14,17H2,1H3,(H,31,35)(H,32,39)(H,33,40)(H,34,36,37)/t23-/m1/s1. The van der Waals surface area contributed by atoms with E-state index in [0.717, 1.165) is 22.0 Å². The van der Waals surface area contributed by atoms with Crippen molar-refractivity contribution in [1.29, 1.82) is 0 Å². The Kier molecular flexibility index (Phi) is 7.33. The number of hydrogen-bond donors (Lipinski definition) is 4. The zero-order valence-corrected chi connectivity index (χ0v) is 22.8. The van der Waals surface area contributed by atoms with Gasteiger partial charge in [-0.2, -0.15) is 5.10 Å². The van der Waals surface area contributed by atoms with E-state index in [4.69, 9.17) is 4.74 Å². The van der Waals surface area contributed by atoms with Crippen LogP contribution in [0.4, 0.5) is 11.4 Å². The molecule has 42 heavy (non-hydrogen) atoms. The number of hydrogen-bond acceptors (Lipinski definition) is 7. The number of rotatable bonds is 8. The van der Waals surface area contributed by atoms with Crippen molar-refractivity contribution in [1.82, 2.24) is 30.7 Å². The molecular formula is C30H28N8O4. The first kappa shape index (κ1) is 26.7. The van der Waals surface area contributed by atoms with Crippen LogP contribution in [0.15, 0.2) is 72.9 Å². The fourth-order valence-corrected chi connectivity index (χ4v) is 4.79. The molecule has 1 atom stereocenters. The van der Waals surface area contributed by atoms with Crippen LogP contribution >= 0.6 is 0 Å². The molecule has 1 aliphatic heterocycles. The van der Waals surface area contributed by atoms with Crippen molar-refractivity contribution in [2.45, 2.75) is 25.3 Å². The number of carbonyl (C=O) groups is 3. The van der Waals surface area contributed by atoms with Crippen LogP contribution in [-0.2, 0) is 22.4 Å². The summed E-state index contributed by atoms with van der Waals surface area (Å²) in [4.78, 5) is 44.5. The third kappa shape index (κ3) is 5.82. The van der Waals surface area contributed by atoms with Gasteiger partial charge in [0.15, 0.2) is 0 Å². The van der Waals surface area contributed by atoms with Gasteiger partial charge in [-0.05, 0) is 47.9 Å². The predicted molar refractivity (Wildman–Crippen MR) is 155 cm³/mol. The molecule has 1 aliphatic rings. The molecule has 3 amide bonds. The van der Waals surface area contributed by atoms with E-state index in [-0.39, 0.29) is 30.7 Å². The van der Waals surface area contributed by atoms with Crippen LogP contribution in [-0.4, -0.2) is 62.8 Å². The minimum atomic E-state index is -0.938. The molecular weight excluding hydrogens is 536 g/mol. The summed E-state index contributed by atoms with van der Waals surface area (Å²) >= 11 is 0. The Balaban J connectivity index is 1.06. The molecule has 0 spiro atoms. The minimum absolute atomic E-state index is 0.0500. The Hall–Kier alpha value is -5.52. The summed E-state index contributed by atoms with van der Waals surface area (Å²) in [5.41, 5.74) is 3.98. The number of nitrogens with zero attached hydrogens (tertiary/aromatic N) is 4. The van der Waals surface area contributed by atoms with E-state index in [1.807, 2.05) is 60.7 Å². The van der Waals surface area contributed by atoms with Gasteiger partial charge < -0.3 is 20.3 Å². The lowest BCUT2D eigenvalue weighted by Gasteiger charge is -2.20. The lowest BCUT2D eigenvalue weighted by molar-refractivity contribution is -0.120. The number of aryl methyl sites for hydroxylation is 1. The van der Waals surface area contributed by atoms with E-state index in [0.29, 0.717) is 35.8 Å². The zero-order valence-electron chi connectivity index (χ0n) is 22.8. The summed E-state index contributed by atoms with van der Waals surface area (Å²) in [6, 6.07) is 19.8. The maximum absolute atomic E-state index is 13.3. The monoisotopic (exact) mass is 564 g/mol. The Morgan fingerprint density at radius 2 is 1.90 bits per heavy atom. The fourth-order valence-electron chi connectivity index (χ4n) is 4.79. The quantitative estimate of drug-likeness (QED) is 0.226. The zero-order chi connectivity index (χ0) is 29.1. The minimum Gasteiger partial charge on any atom is -0.489 e. The Morgan fingerprint density at radius 1 is 1.05 bits per heavy atom. The molecule has 0 fully saturated rings. The van der Waals surface area contributed by atoms with Crippen LogP contribution < -0.4 is 20.3 Å². The van der Waals surface area contributed by atoms with Crippen LogP contribution in [0.25, 0.3) is 10.9 Å². The molecule has 0 radical (unpaired) electrons. The first-order chi connectivity index (χ1) is 20.4. The topological polar surface area (TPSA) is 158 Å². The number of nitrogens with one attached hydrogen (secondary N) is 4. The summed E-state index contributed by atoms with van der Waals surface area (Å²) in [6.45, 7) is -0.0500. The maximum atomic E-state index is 13.3. The van der Waals surface area contributed by atoms with Gasteiger partial charge in [0.25, 0.3) is 11.8 Å². The highest BCUT2D eigenvalue weighted by Crippen LogP contribution is 2.32. The van der Waals surface area contributed by atoms with Crippen molar-refractivity contribution in [2.24, 2.45) is 0 Å². The summed E-state index contributed by atoms with van der Waals surface area (Å²) in [6.07, 6.45) is 2.93. The number of anilines is 2. The van der Waals surface area contributed by atoms with Crippen LogP contribution in [0.2, 0.25) is 0 Å². The third-order valence-corrected chi connectivity index (χ3v) is 7.04. The number of H-pyrrole nitrogens is 2. The Morgan fingerprint density at radius 3 is 2.76 bits per heavy atom. The number of ether oxygens (including phenoxy) is 1. The second-order valence-corrected chi connectivity index (χ2v) is 10.0. The first-order valence-corrected chi connectivity index (χ1v) is 13.5. The molecule has 12 heteroatoms. The molecule has 5 aromatic rings. The van der Waals surface area contributed by atoms with Gasteiger partial charge in [-0.25, -0.2) is 4.98 Å². The second-order valence-electron chi connectivity index (χ2n) is 10.0. The number of aromatic amines is 2. The molecule has 2 aromatic heterocycles. The number of aromatic nitrogens is 5. The van der Waals surface area contributed by atoms with Crippen LogP contribution in [0, 0.1) is 0 Å². The summed E-state index contributed by atoms with van der Waals surface area (Å²) in [5.74, 6) is -0.0584. The molecule has 0 aliphatic carbocycles. The largest absolute Gasteiger partial charge is 0.489 e. The number of carbonyl (C=O) groups excluding carboxylic acids is 3. The van der Waals surface area contributed by atoms with Crippen molar-refractivity contribution >= 4 is 40.0 Å². The van der Waals surface area contributed by atoms with Gasteiger partial charge >= 0.3 is 0 Å². The Labute approximate surface area is 240 Å². The average molecular weight is 565 g/mol. The lowest BCUT2D eigenvalue weighted by Crippen LogP contribution is -2.49. The van der Waals surface area contributed by atoms with Crippen LogP contribution in [0.5, 0.6) is 5.75 Å². The highest BCUT2D eigenvalue weighted by Gasteiger charge is 2.31. The molecule has 0 saturated carbocycles. The highest BCUT2D eigenvalue weighted by molar-refractivity contribution is 6.02. The summed E-state index contributed by atoms with van der Waals surface area (Å²) in [5, 5.41) is 20.2. The summed E-state index contributed by atoms with van der Waals surface area (Å²) < 4.78 is 5.90. The third-order valence-electron chi connectivity index (χ3n) is 7.04. The van der Waals surface area contributed by atoms with Crippen molar-refractivity contribution in [3.05, 3.63) is 95.7 Å². The van der Waals surface area contributed by atoms with E-state index in [1.165, 1.54) is 4.90 Å². The van der Waals surface area contributed by atoms with Gasteiger partial charge in [0.1, 0.15) is 24.2 Å². The Bertz CT molecular complexity index is 1760. The molecule has 3 heterocycles. The second kappa shape index (κ2) is 11.5. The van der Waals surface area contributed by atoms with E-state index in [9.17, 15) is 14.4 Å². The first-order valence-electron chi connectivity index (χ1n) is 13.5. The predicted octanol–water partition coefficient (Wildman–Crippen LogP) is 3.00. The van der Waals surface area contributed by atoms with E-state index in [2.05, 4.69) is 36.0 Å². The van der Waals surface area contributed by atoms with Crippen molar-refractivity contribution in [3.63, 3.8) is 0 Å². The molecule has 0 bridgehead atoms. The molecule has 6 rings (SSSR count). The molecule has 212 valence electrons. The molecule has 4 N–H and O–H groups in total. The highest BCUT2D eigenvalue weighted by atomic mass is 16.5. The van der Waals surface area contributed by atoms with E-state index in [1.54, 1.807) is 19.3 Å². The number of likely N-dealkylation sites (N-methyl/N-ethyl adjacent to an activating group) is 1. The molecule has 12 nitrogen and oxygen atoms in total. The number of amides is 3. The average Bonchev–Trinajstić information content (AvgIpc) is 3.65. The maximum Gasteiger partial charge on any atom is 0.291 e. The molecule has 0 unspecified atom stereocenters. The van der Waals surface area contributed by atoms with Gasteiger partial charge in [-0.3, -0.25) is 24.6 Å². The van der Waals surface area contributed by atoms with Gasteiger partial charge in [0, 0.05) is 31.0 Å². The van der Waals surface area contributed by atoms with Crippen molar-refractivity contribution in [2.75, 3.05) is 23.9 Å². The lowest BCUT2D eigenvalue weighted by atomic mass is 10.1. The van der Waals surface area contributed by atoms with Gasteiger partial charge in [0.2, 0.25) is 11.7 Å². The SMILES string of the molecule is CN1C(=O)[C@H](NC(=O)c2n[nH]c(Cc3ccccc3)n2)COc2ccc(CCC(=O)Nc3ccc4cn[nH]c4c3)cc21. The molecule has 0 saturated heterocycles. The fraction of sp³-hybridized carbons (Fsp3) is 0.200. The van der Waals surface area contributed by atoms with Crippen LogP contribution in [0.3, 0.4) is 0 Å². The van der Waals surface area contributed by atoms with Gasteiger partial charge in [-0.1, -0.05) is 36.4 Å².